The second-order valence-corrected chi connectivity index (χ2v) is 7.04. The summed E-state index contributed by atoms with van der Waals surface area (Å²) in [5.41, 5.74) is 3.62. The van der Waals surface area contributed by atoms with Crippen LogP contribution in [0, 0.1) is 11.7 Å². The smallest absolute Gasteiger partial charge is 0.230 e. The van der Waals surface area contributed by atoms with Gasteiger partial charge in [0.1, 0.15) is 5.82 Å². The van der Waals surface area contributed by atoms with E-state index in [1.165, 1.54) is 12.1 Å². The molecule has 0 spiro atoms. The third-order valence-corrected chi connectivity index (χ3v) is 4.98. The number of hydrogen-bond acceptors (Lipinski definition) is 2. The third kappa shape index (κ3) is 3.62. The Hall–Kier alpha value is -2.69. The van der Waals surface area contributed by atoms with E-state index in [1.807, 2.05) is 29.2 Å². The molecular weight excluding hydrogens is 331 g/mol. The van der Waals surface area contributed by atoms with E-state index >= 15 is 0 Å². The predicted octanol–water partition coefficient (Wildman–Crippen LogP) is 3.70. The summed E-state index contributed by atoms with van der Waals surface area (Å²) in [6, 6.07) is 12.0. The van der Waals surface area contributed by atoms with Crippen molar-refractivity contribution in [1.29, 1.82) is 0 Å². The molecule has 134 valence electrons. The molecule has 0 unspecified atom stereocenters. The van der Waals surface area contributed by atoms with Crippen molar-refractivity contribution in [2.24, 2.45) is 5.92 Å². The number of hydrogen-bond donors (Lipinski definition) is 1. The van der Waals surface area contributed by atoms with Gasteiger partial charge in [0.25, 0.3) is 0 Å². The van der Waals surface area contributed by atoms with Gasteiger partial charge < -0.3 is 10.2 Å². The molecule has 5 heteroatoms. The van der Waals surface area contributed by atoms with Gasteiger partial charge in [0.05, 0.1) is 0 Å². The molecule has 2 aromatic carbocycles. The van der Waals surface area contributed by atoms with E-state index in [-0.39, 0.29) is 23.5 Å². The zero-order valence-corrected chi connectivity index (χ0v) is 14.5. The fraction of sp³-hybridized carbons (Fsp3) is 0.333. The quantitative estimate of drug-likeness (QED) is 0.892. The molecule has 2 amide bonds. The molecule has 0 saturated heterocycles. The van der Waals surface area contributed by atoms with Gasteiger partial charge in [-0.3, -0.25) is 9.59 Å². The Balaban J connectivity index is 1.37. The lowest BCUT2D eigenvalue weighted by Gasteiger charge is -2.17. The molecule has 4 rings (SSSR count). The first-order valence-electron chi connectivity index (χ1n) is 9.09. The summed E-state index contributed by atoms with van der Waals surface area (Å²) in [5, 5.41) is 2.90. The molecule has 1 heterocycles. The van der Waals surface area contributed by atoms with Crippen LogP contribution in [0.1, 0.15) is 30.4 Å². The standard InChI is InChI=1S/C21H21FN2O2/c22-17-3-1-2-14(12-17)4-9-20(25)23-18-7-8-19-16(13-18)10-11-24(19)21(26)15-5-6-15/h1-3,7-8,12-13,15H,4-6,9-11H2,(H,23,25). The van der Waals surface area contributed by atoms with Crippen LogP contribution in [0.3, 0.4) is 0 Å². The molecule has 1 fully saturated rings. The maximum atomic E-state index is 13.2. The molecule has 0 bridgehead atoms. The van der Waals surface area contributed by atoms with Gasteiger partial charge in [-0.25, -0.2) is 4.39 Å². The lowest BCUT2D eigenvalue weighted by atomic mass is 10.1. The van der Waals surface area contributed by atoms with Gasteiger partial charge in [0.2, 0.25) is 11.8 Å². The van der Waals surface area contributed by atoms with E-state index in [0.29, 0.717) is 12.8 Å². The largest absolute Gasteiger partial charge is 0.326 e. The maximum Gasteiger partial charge on any atom is 0.230 e. The highest BCUT2D eigenvalue weighted by Crippen LogP contribution is 2.37. The first-order chi connectivity index (χ1) is 12.6. The van der Waals surface area contributed by atoms with E-state index in [9.17, 15) is 14.0 Å². The first kappa shape index (κ1) is 16.8. The van der Waals surface area contributed by atoms with E-state index in [0.717, 1.165) is 48.3 Å². The van der Waals surface area contributed by atoms with Crippen molar-refractivity contribution in [2.75, 3.05) is 16.8 Å². The Bertz CT molecular complexity index is 861. The minimum Gasteiger partial charge on any atom is -0.326 e. The van der Waals surface area contributed by atoms with Crippen LogP contribution in [0.2, 0.25) is 0 Å². The van der Waals surface area contributed by atoms with Gasteiger partial charge in [-0.05, 0) is 67.1 Å². The third-order valence-electron chi connectivity index (χ3n) is 4.98. The summed E-state index contributed by atoms with van der Waals surface area (Å²) in [6.45, 7) is 0.724. The van der Waals surface area contributed by atoms with Crippen LogP contribution in [-0.4, -0.2) is 18.4 Å². The number of benzene rings is 2. The Labute approximate surface area is 152 Å². The van der Waals surface area contributed by atoms with Crippen LogP contribution < -0.4 is 10.2 Å². The highest BCUT2D eigenvalue weighted by Gasteiger charge is 2.36. The number of anilines is 2. The predicted molar refractivity (Wildman–Crippen MR) is 98.6 cm³/mol. The number of nitrogens with zero attached hydrogens (tertiary/aromatic N) is 1. The molecule has 2 aromatic rings. The highest BCUT2D eigenvalue weighted by molar-refractivity contribution is 5.99. The molecule has 1 aliphatic heterocycles. The van der Waals surface area contributed by atoms with Crippen LogP contribution in [0.15, 0.2) is 42.5 Å². The van der Waals surface area contributed by atoms with Crippen LogP contribution in [0.5, 0.6) is 0 Å². The molecule has 4 nitrogen and oxygen atoms in total. The zero-order chi connectivity index (χ0) is 18.1. The highest BCUT2D eigenvalue weighted by atomic mass is 19.1. The second-order valence-electron chi connectivity index (χ2n) is 7.04. The van der Waals surface area contributed by atoms with Crippen molar-refractivity contribution in [3.8, 4) is 0 Å². The monoisotopic (exact) mass is 352 g/mol. The molecule has 2 aliphatic rings. The number of carbonyl (C=O) groups excluding carboxylic acids is 2. The van der Waals surface area contributed by atoms with Crippen LogP contribution >= 0.6 is 0 Å². The van der Waals surface area contributed by atoms with Gasteiger partial charge >= 0.3 is 0 Å². The molecule has 1 saturated carbocycles. The minimum absolute atomic E-state index is 0.0990. The number of aryl methyl sites for hydroxylation is 1. The topological polar surface area (TPSA) is 49.4 Å². The summed E-state index contributed by atoms with van der Waals surface area (Å²) in [4.78, 5) is 26.4. The maximum absolute atomic E-state index is 13.2. The van der Waals surface area contributed by atoms with Crippen molar-refractivity contribution < 1.29 is 14.0 Å². The molecule has 0 atom stereocenters. The second kappa shape index (κ2) is 6.90. The lowest BCUT2D eigenvalue weighted by Crippen LogP contribution is -2.30. The van der Waals surface area contributed by atoms with Gasteiger partial charge in [-0.2, -0.15) is 0 Å². The number of halogens is 1. The van der Waals surface area contributed by atoms with Crippen molar-refractivity contribution >= 4 is 23.2 Å². The zero-order valence-electron chi connectivity index (χ0n) is 14.5. The number of carbonyl (C=O) groups is 2. The van der Waals surface area contributed by atoms with Crippen LogP contribution in [0.4, 0.5) is 15.8 Å². The average Bonchev–Trinajstić information content (AvgIpc) is 3.39. The van der Waals surface area contributed by atoms with Gasteiger partial charge in [0.15, 0.2) is 0 Å². The number of fused-ring (bicyclic) bond motifs is 1. The average molecular weight is 352 g/mol. The van der Waals surface area contributed by atoms with Crippen molar-refractivity contribution in [3.05, 3.63) is 59.4 Å². The van der Waals surface area contributed by atoms with E-state index in [1.54, 1.807) is 6.07 Å². The van der Waals surface area contributed by atoms with E-state index < -0.39 is 0 Å². The van der Waals surface area contributed by atoms with Crippen LogP contribution in [-0.2, 0) is 22.4 Å². The molecule has 0 radical (unpaired) electrons. The fourth-order valence-corrected chi connectivity index (χ4v) is 3.43. The van der Waals surface area contributed by atoms with Crippen molar-refractivity contribution in [1.82, 2.24) is 0 Å². The molecule has 26 heavy (non-hydrogen) atoms. The Kier molecular flexibility index (Phi) is 4.45. The van der Waals surface area contributed by atoms with Crippen molar-refractivity contribution in [2.45, 2.75) is 32.1 Å². The van der Waals surface area contributed by atoms with E-state index in [4.69, 9.17) is 0 Å². The van der Waals surface area contributed by atoms with Gasteiger partial charge in [0, 0.05) is 30.3 Å². The Morgan fingerprint density at radius 1 is 1.15 bits per heavy atom. The normalized spacial score (nSPS) is 15.7. The Morgan fingerprint density at radius 3 is 2.77 bits per heavy atom. The fourth-order valence-electron chi connectivity index (χ4n) is 3.43. The SMILES string of the molecule is O=C(CCc1cccc(F)c1)Nc1ccc2c(c1)CCN2C(=O)C1CC1. The van der Waals surface area contributed by atoms with Gasteiger partial charge in [-0.1, -0.05) is 12.1 Å². The van der Waals surface area contributed by atoms with Gasteiger partial charge in [-0.15, -0.1) is 0 Å². The summed E-state index contributed by atoms with van der Waals surface area (Å²) in [5.74, 6) is 0.0590. The first-order valence-corrected chi connectivity index (χ1v) is 9.09. The minimum atomic E-state index is -0.285. The Morgan fingerprint density at radius 2 is 2.00 bits per heavy atom. The molecule has 0 aromatic heterocycles. The summed E-state index contributed by atoms with van der Waals surface area (Å²) in [6.07, 6.45) is 3.63. The van der Waals surface area contributed by atoms with Crippen LogP contribution in [0.25, 0.3) is 0 Å². The number of rotatable bonds is 5. The lowest BCUT2D eigenvalue weighted by molar-refractivity contribution is -0.119. The molecule has 1 aliphatic carbocycles. The molecular formula is C21H21FN2O2. The number of amides is 2. The number of nitrogens with one attached hydrogen (secondary N) is 1. The summed E-state index contributed by atoms with van der Waals surface area (Å²) in [7, 11) is 0. The summed E-state index contributed by atoms with van der Waals surface area (Å²) < 4.78 is 13.2. The molecule has 1 N–H and O–H groups in total. The van der Waals surface area contributed by atoms with E-state index in [2.05, 4.69) is 5.32 Å². The van der Waals surface area contributed by atoms with Crippen molar-refractivity contribution in [3.63, 3.8) is 0 Å². The summed E-state index contributed by atoms with van der Waals surface area (Å²) >= 11 is 0.